The molecule has 1 aliphatic carbocycles. The molecule has 7 nitrogen and oxygen atoms in total. The molecule has 3 aromatic heterocycles. The lowest BCUT2D eigenvalue weighted by atomic mass is 9.72. The van der Waals surface area contributed by atoms with Gasteiger partial charge in [0.05, 0.1) is 11.3 Å². The number of amides is 1. The summed E-state index contributed by atoms with van der Waals surface area (Å²) in [6.45, 7) is 9.54. The third kappa shape index (κ3) is 4.97. The van der Waals surface area contributed by atoms with Crippen LogP contribution in [-0.4, -0.2) is 31.4 Å². The van der Waals surface area contributed by atoms with Gasteiger partial charge in [0.15, 0.2) is 11.0 Å². The molecule has 0 unspecified atom stereocenters. The number of pyridine rings is 1. The van der Waals surface area contributed by atoms with Gasteiger partial charge >= 0.3 is 0 Å². The number of nitrogens with zero attached hydrogens (tertiary/aromatic N) is 5. The number of hydrogen-bond donors (Lipinski definition) is 1. The fourth-order valence-electron chi connectivity index (χ4n) is 4.22. The van der Waals surface area contributed by atoms with Crippen LogP contribution >= 0.6 is 23.1 Å². The Hall–Kier alpha value is -2.70. The first-order chi connectivity index (χ1) is 15.8. The molecule has 0 bridgehead atoms. The molecule has 1 aliphatic rings. The molecule has 0 saturated heterocycles. The molecule has 0 fully saturated rings. The van der Waals surface area contributed by atoms with Crippen molar-refractivity contribution < 1.29 is 4.79 Å². The highest BCUT2D eigenvalue weighted by molar-refractivity contribution is 7.99. The molecular formula is C24H28N6OS2. The third-order valence-corrected chi connectivity index (χ3v) is 8.30. The van der Waals surface area contributed by atoms with Crippen LogP contribution in [0.1, 0.15) is 50.1 Å². The van der Waals surface area contributed by atoms with E-state index in [2.05, 4.69) is 47.3 Å². The SMILES string of the molecule is CCn1c(SCC(=O)Nc2sc3c(c2C#N)CC[C@H](C(C)(C)C)C3)nnc1-c1ccncc1. The number of carbonyl (C=O) groups is 1. The predicted octanol–water partition coefficient (Wildman–Crippen LogP) is 5.17. The molecule has 0 saturated carbocycles. The van der Waals surface area contributed by atoms with Crippen molar-refractivity contribution >= 4 is 34.0 Å². The number of nitrogens with one attached hydrogen (secondary N) is 1. The Kier molecular flexibility index (Phi) is 6.86. The molecule has 4 rings (SSSR count). The largest absolute Gasteiger partial charge is 0.316 e. The summed E-state index contributed by atoms with van der Waals surface area (Å²) in [7, 11) is 0. The highest BCUT2D eigenvalue weighted by Crippen LogP contribution is 2.44. The predicted molar refractivity (Wildman–Crippen MR) is 132 cm³/mol. The van der Waals surface area contributed by atoms with Gasteiger partial charge < -0.3 is 9.88 Å². The van der Waals surface area contributed by atoms with Crippen LogP contribution in [0.5, 0.6) is 0 Å². The van der Waals surface area contributed by atoms with Gasteiger partial charge in [-0.25, -0.2) is 0 Å². The van der Waals surface area contributed by atoms with Crippen molar-refractivity contribution in [1.29, 1.82) is 5.26 Å². The minimum atomic E-state index is -0.140. The van der Waals surface area contributed by atoms with Gasteiger partial charge in [0.2, 0.25) is 5.91 Å². The summed E-state index contributed by atoms with van der Waals surface area (Å²) in [6.07, 6.45) is 6.40. The van der Waals surface area contributed by atoms with E-state index in [1.807, 2.05) is 23.6 Å². The van der Waals surface area contributed by atoms with E-state index in [1.54, 1.807) is 23.7 Å². The van der Waals surface area contributed by atoms with Crippen LogP contribution in [0.3, 0.4) is 0 Å². The monoisotopic (exact) mass is 480 g/mol. The fraction of sp³-hybridized carbons (Fsp3) is 0.458. The first-order valence-electron chi connectivity index (χ1n) is 11.1. The number of rotatable bonds is 6. The zero-order valence-electron chi connectivity index (χ0n) is 19.4. The Morgan fingerprint density at radius 1 is 1.33 bits per heavy atom. The van der Waals surface area contributed by atoms with Crippen molar-refractivity contribution in [3.8, 4) is 17.5 Å². The number of carbonyl (C=O) groups excluding carboxylic acids is 1. The van der Waals surface area contributed by atoms with E-state index < -0.39 is 0 Å². The highest BCUT2D eigenvalue weighted by Gasteiger charge is 2.32. The number of nitriles is 1. The Morgan fingerprint density at radius 3 is 2.76 bits per heavy atom. The lowest BCUT2D eigenvalue weighted by Gasteiger charge is -2.33. The normalized spacial score (nSPS) is 15.7. The van der Waals surface area contributed by atoms with E-state index in [1.165, 1.54) is 16.6 Å². The molecule has 1 atom stereocenters. The number of hydrogen-bond acceptors (Lipinski definition) is 7. The minimum absolute atomic E-state index is 0.140. The van der Waals surface area contributed by atoms with Crippen molar-refractivity contribution in [3.05, 3.63) is 40.5 Å². The molecular weight excluding hydrogens is 452 g/mol. The minimum Gasteiger partial charge on any atom is -0.316 e. The van der Waals surface area contributed by atoms with Crippen LogP contribution < -0.4 is 5.32 Å². The van der Waals surface area contributed by atoms with E-state index in [-0.39, 0.29) is 17.1 Å². The van der Waals surface area contributed by atoms with Gasteiger partial charge in [-0.3, -0.25) is 9.78 Å². The standard InChI is InChI=1S/C24H28N6OS2/c1-5-30-21(15-8-10-26-11-9-15)28-29-23(30)32-14-20(31)27-22-18(13-25)17-7-6-16(24(2,3)4)12-19(17)33-22/h8-11,16H,5-7,12,14H2,1-4H3,(H,27,31)/t16-/m0/s1. The first-order valence-corrected chi connectivity index (χ1v) is 12.9. The van der Waals surface area contributed by atoms with Gasteiger partial charge in [0.25, 0.3) is 0 Å². The number of fused-ring (bicyclic) bond motifs is 1. The number of thiophene rings is 1. The molecule has 3 heterocycles. The Bertz CT molecular complexity index is 1190. The molecule has 3 aromatic rings. The average molecular weight is 481 g/mol. The molecule has 0 radical (unpaired) electrons. The smallest absolute Gasteiger partial charge is 0.235 e. The fourth-order valence-corrected chi connectivity index (χ4v) is 6.32. The quantitative estimate of drug-likeness (QED) is 0.489. The summed E-state index contributed by atoms with van der Waals surface area (Å²) >= 11 is 2.91. The zero-order chi connectivity index (χ0) is 23.6. The molecule has 1 amide bonds. The second-order valence-electron chi connectivity index (χ2n) is 9.25. The van der Waals surface area contributed by atoms with Gasteiger partial charge in [-0.15, -0.1) is 21.5 Å². The van der Waals surface area contributed by atoms with Crippen LogP contribution in [-0.2, 0) is 24.2 Å². The summed E-state index contributed by atoms with van der Waals surface area (Å²) in [6, 6.07) is 6.12. The molecule has 0 aromatic carbocycles. The molecule has 0 aliphatic heterocycles. The van der Waals surface area contributed by atoms with Crippen molar-refractivity contribution in [2.45, 2.75) is 58.7 Å². The van der Waals surface area contributed by atoms with E-state index >= 15 is 0 Å². The summed E-state index contributed by atoms with van der Waals surface area (Å²) in [5.74, 6) is 1.41. The Balaban J connectivity index is 1.45. The van der Waals surface area contributed by atoms with Crippen LogP contribution in [0, 0.1) is 22.7 Å². The number of aromatic nitrogens is 4. The van der Waals surface area contributed by atoms with E-state index in [9.17, 15) is 10.1 Å². The van der Waals surface area contributed by atoms with Crippen LogP contribution in [0.2, 0.25) is 0 Å². The van der Waals surface area contributed by atoms with Gasteiger partial charge in [0.1, 0.15) is 11.1 Å². The highest BCUT2D eigenvalue weighted by atomic mass is 32.2. The van der Waals surface area contributed by atoms with Crippen molar-refractivity contribution in [1.82, 2.24) is 19.7 Å². The summed E-state index contributed by atoms with van der Waals surface area (Å²) < 4.78 is 1.99. The maximum Gasteiger partial charge on any atom is 0.235 e. The van der Waals surface area contributed by atoms with Gasteiger partial charge in [-0.2, -0.15) is 5.26 Å². The van der Waals surface area contributed by atoms with Gasteiger partial charge in [-0.05, 0) is 55.2 Å². The van der Waals surface area contributed by atoms with E-state index in [4.69, 9.17) is 0 Å². The maximum absolute atomic E-state index is 12.8. The van der Waals surface area contributed by atoms with Gasteiger partial charge in [0, 0.05) is 29.4 Å². The first kappa shape index (κ1) is 23.5. The molecule has 0 spiro atoms. The van der Waals surface area contributed by atoms with Crippen LogP contribution in [0.4, 0.5) is 5.00 Å². The lowest BCUT2D eigenvalue weighted by molar-refractivity contribution is -0.113. The molecule has 9 heteroatoms. The zero-order valence-corrected chi connectivity index (χ0v) is 21.0. The average Bonchev–Trinajstić information content (AvgIpc) is 3.37. The third-order valence-electron chi connectivity index (χ3n) is 6.16. The van der Waals surface area contributed by atoms with Crippen molar-refractivity contribution in [2.75, 3.05) is 11.1 Å². The maximum atomic E-state index is 12.8. The van der Waals surface area contributed by atoms with Crippen molar-refractivity contribution in [2.24, 2.45) is 11.3 Å². The molecule has 172 valence electrons. The Morgan fingerprint density at radius 2 is 2.09 bits per heavy atom. The number of thioether (sulfide) groups is 1. The summed E-state index contributed by atoms with van der Waals surface area (Å²) in [4.78, 5) is 18.1. The van der Waals surface area contributed by atoms with Gasteiger partial charge in [-0.1, -0.05) is 32.5 Å². The summed E-state index contributed by atoms with van der Waals surface area (Å²) in [5.41, 5.74) is 2.93. The summed E-state index contributed by atoms with van der Waals surface area (Å²) in [5, 5.41) is 22.7. The lowest BCUT2D eigenvalue weighted by Crippen LogP contribution is -2.26. The second kappa shape index (κ2) is 9.65. The van der Waals surface area contributed by atoms with E-state index in [0.717, 1.165) is 36.2 Å². The Labute approximate surface area is 202 Å². The molecule has 1 N–H and O–H groups in total. The van der Waals surface area contributed by atoms with Crippen molar-refractivity contribution in [3.63, 3.8) is 0 Å². The second-order valence-corrected chi connectivity index (χ2v) is 11.3. The van der Waals surface area contributed by atoms with Crippen LogP contribution in [0.25, 0.3) is 11.4 Å². The number of anilines is 1. The van der Waals surface area contributed by atoms with Crippen LogP contribution in [0.15, 0.2) is 29.7 Å². The topological polar surface area (TPSA) is 96.5 Å². The molecule has 33 heavy (non-hydrogen) atoms. The van der Waals surface area contributed by atoms with E-state index in [0.29, 0.717) is 28.2 Å².